The Balaban J connectivity index is 2.44. The zero-order valence-electron chi connectivity index (χ0n) is 17.1. The molecule has 1 rings (SSSR count). The summed E-state index contributed by atoms with van der Waals surface area (Å²) in [6.07, 6.45) is 12.6. The largest absolute Gasteiger partial charge is 0.469 e. The third kappa shape index (κ3) is 9.02. The summed E-state index contributed by atoms with van der Waals surface area (Å²) < 4.78 is 4.64. The van der Waals surface area contributed by atoms with Gasteiger partial charge in [0, 0.05) is 19.4 Å². The number of carbonyl (C=O) groups is 2. The summed E-state index contributed by atoms with van der Waals surface area (Å²) >= 11 is 0. The van der Waals surface area contributed by atoms with Crippen molar-refractivity contribution in [3.63, 3.8) is 0 Å². The molecule has 0 aromatic heterocycles. The summed E-state index contributed by atoms with van der Waals surface area (Å²) in [6, 6.07) is 0. The Labute approximate surface area is 164 Å². The van der Waals surface area contributed by atoms with Gasteiger partial charge < -0.3 is 14.9 Å². The van der Waals surface area contributed by atoms with Crippen molar-refractivity contribution < 1.29 is 24.5 Å². The van der Waals surface area contributed by atoms with Crippen LogP contribution in [0.4, 0.5) is 0 Å². The lowest BCUT2D eigenvalue weighted by Crippen LogP contribution is -2.20. The molecule has 0 spiro atoms. The number of unbranched alkanes of at least 4 members (excludes halogenated alkanes) is 5. The fraction of sp³-hybridized carbons (Fsp3) is 0.818. The Kier molecular flexibility index (Phi) is 12.3. The zero-order chi connectivity index (χ0) is 20.1. The zero-order valence-corrected chi connectivity index (χ0v) is 17.1. The Hall–Kier alpha value is -1.20. The highest BCUT2D eigenvalue weighted by molar-refractivity contribution is 5.89. The highest BCUT2D eigenvalue weighted by atomic mass is 16.5. The van der Waals surface area contributed by atoms with Crippen molar-refractivity contribution in [1.29, 1.82) is 0 Å². The first kappa shape index (κ1) is 23.8. The standard InChI is InChI=1S/C22H38O5/c1-3-4-7-10-18(24)13-14-19-17(16-23)15-21(25)20(19)11-8-5-6-9-12-22(26)27-2/h13-14,17,19-21,23,25H,3-12,15-16H2,1-2H3/t17-,19-,20+,21-/m0/s1. The van der Waals surface area contributed by atoms with Crippen LogP contribution in [-0.4, -0.2) is 41.8 Å². The normalized spacial score (nSPS) is 25.2. The van der Waals surface area contributed by atoms with E-state index in [1.807, 2.05) is 6.08 Å². The van der Waals surface area contributed by atoms with E-state index in [-0.39, 0.29) is 36.1 Å². The summed E-state index contributed by atoms with van der Waals surface area (Å²) in [4.78, 5) is 23.1. The van der Waals surface area contributed by atoms with E-state index in [4.69, 9.17) is 0 Å². The van der Waals surface area contributed by atoms with E-state index >= 15 is 0 Å². The van der Waals surface area contributed by atoms with Crippen LogP contribution >= 0.6 is 0 Å². The minimum atomic E-state index is -0.415. The van der Waals surface area contributed by atoms with Gasteiger partial charge in [-0.05, 0) is 49.5 Å². The second-order valence-corrected chi connectivity index (χ2v) is 7.80. The minimum Gasteiger partial charge on any atom is -0.469 e. The van der Waals surface area contributed by atoms with Crippen LogP contribution in [-0.2, 0) is 14.3 Å². The molecule has 0 aliphatic heterocycles. The molecule has 0 heterocycles. The number of methoxy groups -OCH3 is 1. The first-order chi connectivity index (χ1) is 13.0. The van der Waals surface area contributed by atoms with Crippen LogP contribution in [0.15, 0.2) is 12.2 Å². The predicted molar refractivity (Wildman–Crippen MR) is 106 cm³/mol. The van der Waals surface area contributed by atoms with Crippen molar-refractivity contribution in [2.75, 3.05) is 13.7 Å². The van der Waals surface area contributed by atoms with E-state index in [0.717, 1.165) is 51.4 Å². The molecule has 1 aliphatic rings. The molecule has 1 saturated carbocycles. The van der Waals surface area contributed by atoms with E-state index < -0.39 is 6.10 Å². The summed E-state index contributed by atoms with van der Waals surface area (Å²) in [5, 5.41) is 20.1. The van der Waals surface area contributed by atoms with Crippen molar-refractivity contribution >= 4 is 11.8 Å². The number of rotatable bonds is 14. The lowest BCUT2D eigenvalue weighted by atomic mass is 9.85. The Morgan fingerprint density at radius 3 is 2.44 bits per heavy atom. The Morgan fingerprint density at radius 2 is 1.78 bits per heavy atom. The number of ketones is 1. The quantitative estimate of drug-likeness (QED) is 0.271. The second kappa shape index (κ2) is 13.9. The van der Waals surface area contributed by atoms with E-state index in [9.17, 15) is 19.8 Å². The third-order valence-electron chi connectivity index (χ3n) is 5.74. The molecule has 2 N–H and O–H groups in total. The van der Waals surface area contributed by atoms with Crippen LogP contribution in [0.3, 0.4) is 0 Å². The van der Waals surface area contributed by atoms with E-state index in [1.54, 1.807) is 6.08 Å². The summed E-state index contributed by atoms with van der Waals surface area (Å²) in [7, 11) is 1.41. The number of hydrogen-bond acceptors (Lipinski definition) is 5. The third-order valence-corrected chi connectivity index (χ3v) is 5.74. The SMILES string of the molecule is CCCCCC(=O)C=C[C@H]1[C@H](CO)C[C@H](O)[C@@H]1CCCCCCC(=O)OC. The van der Waals surface area contributed by atoms with Crippen molar-refractivity contribution in [3.05, 3.63) is 12.2 Å². The molecule has 0 bridgehead atoms. The monoisotopic (exact) mass is 382 g/mol. The first-order valence-corrected chi connectivity index (χ1v) is 10.6. The number of carbonyl (C=O) groups excluding carboxylic acids is 2. The van der Waals surface area contributed by atoms with E-state index in [0.29, 0.717) is 19.3 Å². The van der Waals surface area contributed by atoms with Crippen molar-refractivity contribution in [2.45, 2.75) is 83.7 Å². The fourth-order valence-electron chi connectivity index (χ4n) is 4.09. The fourth-order valence-corrected chi connectivity index (χ4v) is 4.09. The lowest BCUT2D eigenvalue weighted by Gasteiger charge is -2.22. The molecule has 156 valence electrons. The van der Waals surface area contributed by atoms with Crippen LogP contribution in [0.5, 0.6) is 0 Å². The summed E-state index contributed by atoms with van der Waals surface area (Å²) in [5.41, 5.74) is 0. The van der Waals surface area contributed by atoms with Crippen molar-refractivity contribution in [3.8, 4) is 0 Å². The Morgan fingerprint density at radius 1 is 1.07 bits per heavy atom. The molecule has 4 atom stereocenters. The maximum Gasteiger partial charge on any atom is 0.305 e. The molecule has 0 aromatic rings. The van der Waals surface area contributed by atoms with Crippen molar-refractivity contribution in [1.82, 2.24) is 0 Å². The molecular formula is C22H38O5. The molecule has 0 saturated heterocycles. The molecule has 0 radical (unpaired) electrons. The number of hydrogen-bond donors (Lipinski definition) is 2. The summed E-state index contributed by atoms with van der Waals surface area (Å²) in [5.74, 6) is 0.172. The number of allylic oxidation sites excluding steroid dienone is 2. The van der Waals surface area contributed by atoms with Gasteiger partial charge in [0.15, 0.2) is 5.78 Å². The smallest absolute Gasteiger partial charge is 0.305 e. The van der Waals surface area contributed by atoms with Gasteiger partial charge in [0.25, 0.3) is 0 Å². The van der Waals surface area contributed by atoms with Crippen LogP contribution in [0, 0.1) is 17.8 Å². The molecular weight excluding hydrogens is 344 g/mol. The van der Waals surface area contributed by atoms with Crippen LogP contribution in [0.25, 0.3) is 0 Å². The topological polar surface area (TPSA) is 83.8 Å². The van der Waals surface area contributed by atoms with Gasteiger partial charge in [0.1, 0.15) is 0 Å². The maximum absolute atomic E-state index is 12.0. The maximum atomic E-state index is 12.0. The van der Waals surface area contributed by atoms with Gasteiger partial charge in [-0.2, -0.15) is 0 Å². The molecule has 0 unspecified atom stereocenters. The average molecular weight is 383 g/mol. The highest BCUT2D eigenvalue weighted by Crippen LogP contribution is 2.41. The molecule has 0 amide bonds. The van der Waals surface area contributed by atoms with Gasteiger partial charge in [-0.1, -0.05) is 45.1 Å². The highest BCUT2D eigenvalue weighted by Gasteiger charge is 2.40. The molecule has 5 heteroatoms. The number of aliphatic hydroxyl groups excluding tert-OH is 2. The van der Waals surface area contributed by atoms with Crippen LogP contribution in [0.1, 0.15) is 77.6 Å². The average Bonchev–Trinajstić information content (AvgIpc) is 2.97. The van der Waals surface area contributed by atoms with E-state index in [2.05, 4.69) is 11.7 Å². The summed E-state index contributed by atoms with van der Waals surface area (Å²) in [6.45, 7) is 2.16. The van der Waals surface area contributed by atoms with Crippen molar-refractivity contribution in [2.24, 2.45) is 17.8 Å². The van der Waals surface area contributed by atoms with Crippen LogP contribution < -0.4 is 0 Å². The number of esters is 1. The van der Waals surface area contributed by atoms with Gasteiger partial charge in [0.05, 0.1) is 13.2 Å². The van der Waals surface area contributed by atoms with Gasteiger partial charge >= 0.3 is 5.97 Å². The molecule has 1 fully saturated rings. The van der Waals surface area contributed by atoms with Gasteiger partial charge in [-0.15, -0.1) is 0 Å². The molecule has 5 nitrogen and oxygen atoms in total. The van der Waals surface area contributed by atoms with Gasteiger partial charge in [0.2, 0.25) is 0 Å². The van der Waals surface area contributed by atoms with Crippen LogP contribution in [0.2, 0.25) is 0 Å². The molecule has 1 aliphatic carbocycles. The lowest BCUT2D eigenvalue weighted by molar-refractivity contribution is -0.140. The first-order valence-electron chi connectivity index (χ1n) is 10.6. The van der Waals surface area contributed by atoms with Gasteiger partial charge in [-0.25, -0.2) is 0 Å². The Bertz CT molecular complexity index is 460. The molecule has 27 heavy (non-hydrogen) atoms. The minimum absolute atomic E-state index is 0.0315. The predicted octanol–water partition coefficient (Wildman–Crippen LogP) is 3.81. The number of aliphatic hydroxyl groups is 2. The van der Waals surface area contributed by atoms with Gasteiger partial charge in [-0.3, -0.25) is 9.59 Å². The number of ether oxygens (including phenoxy) is 1. The van der Waals surface area contributed by atoms with E-state index in [1.165, 1.54) is 7.11 Å². The molecule has 0 aromatic carbocycles. The second-order valence-electron chi connectivity index (χ2n) is 7.80.